The van der Waals surface area contributed by atoms with Crippen LogP contribution in [0, 0.1) is 0 Å². The maximum absolute atomic E-state index is 11.2. The minimum absolute atomic E-state index is 0. The first kappa shape index (κ1) is 20.3. The van der Waals surface area contributed by atoms with E-state index in [9.17, 15) is 9.90 Å². The van der Waals surface area contributed by atoms with Crippen molar-refractivity contribution in [2.75, 3.05) is 0 Å². The van der Waals surface area contributed by atoms with Crippen LogP contribution in [-0.2, 0) is 6.61 Å². The van der Waals surface area contributed by atoms with Crippen molar-refractivity contribution >= 4 is 5.97 Å². The smallest absolute Gasteiger partial charge is 0.870 e. The van der Waals surface area contributed by atoms with Gasteiger partial charge in [0.25, 0.3) is 0 Å². The number of hydrogen-bond donors (Lipinski definition) is 1. The van der Waals surface area contributed by atoms with Crippen molar-refractivity contribution in [3.05, 3.63) is 65.2 Å². The summed E-state index contributed by atoms with van der Waals surface area (Å²) in [7, 11) is 0. The summed E-state index contributed by atoms with van der Waals surface area (Å²) < 4.78 is 5.72. The Morgan fingerprint density at radius 2 is 1.77 bits per heavy atom. The quantitative estimate of drug-likeness (QED) is 0.832. The van der Waals surface area contributed by atoms with Gasteiger partial charge in [-0.05, 0) is 35.2 Å². The molecule has 0 aromatic heterocycles. The van der Waals surface area contributed by atoms with Crippen LogP contribution in [0.4, 0.5) is 0 Å². The molecule has 0 atom stereocenters. The molecule has 0 radical (unpaired) electrons. The molecule has 0 spiro atoms. The fourth-order valence-electron chi connectivity index (χ4n) is 2.04. The van der Waals surface area contributed by atoms with Crippen LogP contribution in [0.25, 0.3) is 0 Å². The first-order valence-electron chi connectivity index (χ1n) is 6.62. The molecule has 0 saturated heterocycles. The molecule has 4 nitrogen and oxygen atoms in total. The van der Waals surface area contributed by atoms with Gasteiger partial charge in [0, 0.05) is 0 Å². The zero-order valence-electron chi connectivity index (χ0n) is 13.1. The van der Waals surface area contributed by atoms with Gasteiger partial charge >= 0.3 is 24.8 Å². The van der Waals surface area contributed by atoms with E-state index in [1.54, 1.807) is 12.1 Å². The summed E-state index contributed by atoms with van der Waals surface area (Å²) in [5.74, 6) is -0.0627. The van der Waals surface area contributed by atoms with Crippen LogP contribution in [0.15, 0.2) is 48.5 Å². The van der Waals surface area contributed by atoms with Gasteiger partial charge in [0.2, 0.25) is 0 Å². The largest absolute Gasteiger partial charge is 1.00 e. The molecule has 0 fully saturated rings. The summed E-state index contributed by atoms with van der Waals surface area (Å²) in [5, 5.41) is 9.17. The van der Waals surface area contributed by atoms with E-state index in [1.165, 1.54) is 0 Å². The average Bonchev–Trinajstić information content (AvgIpc) is 2.45. The summed E-state index contributed by atoms with van der Waals surface area (Å²) in [5.41, 5.74) is 2.22. The van der Waals surface area contributed by atoms with Crippen LogP contribution in [0.5, 0.6) is 5.75 Å². The number of benzene rings is 2. The third-order valence-electron chi connectivity index (χ3n) is 3.12. The number of hydrogen-bond acceptors (Lipinski definition) is 3. The molecule has 0 unspecified atom stereocenters. The van der Waals surface area contributed by atoms with Crippen molar-refractivity contribution in [3.8, 4) is 5.75 Å². The van der Waals surface area contributed by atoms with Gasteiger partial charge in [-0.15, -0.1) is 0 Å². The molecular weight excluding hydrogens is 275 g/mol. The number of carboxylic acids is 1. The maximum atomic E-state index is 11.2. The van der Waals surface area contributed by atoms with Gasteiger partial charge in [0.1, 0.15) is 12.4 Å². The van der Waals surface area contributed by atoms with Gasteiger partial charge in [-0.1, -0.05) is 44.2 Å². The van der Waals surface area contributed by atoms with Gasteiger partial charge in [0.15, 0.2) is 0 Å². The number of aromatic carboxylic acids is 1. The number of carboxylic acid groups (broad SMARTS) is 1. The second-order valence-electron chi connectivity index (χ2n) is 4.98. The fourth-order valence-corrected chi connectivity index (χ4v) is 2.04. The molecule has 0 heterocycles. The van der Waals surface area contributed by atoms with Crippen molar-refractivity contribution in [1.82, 2.24) is 0 Å². The average molecular weight is 294 g/mol. The normalized spacial score (nSPS) is 9.59. The number of ether oxygens (including phenoxy) is 1. The molecule has 0 saturated carbocycles. The van der Waals surface area contributed by atoms with Gasteiger partial charge in [-0.2, -0.15) is 0 Å². The predicted molar refractivity (Wildman–Crippen MR) is 80.2 cm³/mol. The molecule has 2 aromatic carbocycles. The van der Waals surface area contributed by atoms with Crippen molar-refractivity contribution in [2.24, 2.45) is 0 Å². The van der Waals surface area contributed by atoms with Gasteiger partial charge < -0.3 is 15.3 Å². The Balaban J connectivity index is 0.00000220. The SMILES string of the molecule is CC(C)c1cc(OCc2ccccc2)ccc1C(=O)O.[Li+].[OH-]. The molecule has 0 aliphatic heterocycles. The van der Waals surface area contributed by atoms with E-state index in [0.29, 0.717) is 17.9 Å². The van der Waals surface area contributed by atoms with E-state index < -0.39 is 5.97 Å². The van der Waals surface area contributed by atoms with Crippen molar-refractivity contribution < 1.29 is 39.0 Å². The molecule has 22 heavy (non-hydrogen) atoms. The Bertz CT molecular complexity index is 597. The van der Waals surface area contributed by atoms with Crippen LogP contribution in [0.2, 0.25) is 0 Å². The van der Waals surface area contributed by atoms with E-state index in [2.05, 4.69) is 0 Å². The third-order valence-corrected chi connectivity index (χ3v) is 3.12. The Labute approximate surface area is 142 Å². The predicted octanol–water partition coefficient (Wildman–Crippen LogP) is 0.914. The van der Waals surface area contributed by atoms with Crippen molar-refractivity contribution in [1.29, 1.82) is 0 Å². The van der Waals surface area contributed by atoms with Crippen molar-refractivity contribution in [3.63, 3.8) is 0 Å². The Hall–Kier alpha value is -1.73. The van der Waals surface area contributed by atoms with Crippen molar-refractivity contribution in [2.45, 2.75) is 26.4 Å². The van der Waals surface area contributed by atoms with E-state index >= 15 is 0 Å². The van der Waals surface area contributed by atoms with E-state index in [-0.39, 0.29) is 30.3 Å². The summed E-state index contributed by atoms with van der Waals surface area (Å²) in [6, 6.07) is 15.0. The van der Waals surface area contributed by atoms with Crippen LogP contribution in [0.3, 0.4) is 0 Å². The van der Waals surface area contributed by atoms with Gasteiger partial charge in [0.05, 0.1) is 5.56 Å². The standard InChI is InChI=1S/C17H18O3.Li.H2O/c1-12(2)16-10-14(8-9-15(16)17(18)19)20-11-13-6-4-3-5-7-13;;/h3-10,12H,11H2,1-2H3,(H,18,19);;1H2/q;+1;/p-1. The monoisotopic (exact) mass is 294 g/mol. The third kappa shape index (κ3) is 5.23. The number of carbonyl (C=O) groups is 1. The zero-order chi connectivity index (χ0) is 14.5. The Morgan fingerprint density at radius 1 is 1.14 bits per heavy atom. The molecule has 0 bridgehead atoms. The summed E-state index contributed by atoms with van der Waals surface area (Å²) in [6.07, 6.45) is 0. The molecule has 112 valence electrons. The summed E-state index contributed by atoms with van der Waals surface area (Å²) >= 11 is 0. The summed E-state index contributed by atoms with van der Waals surface area (Å²) in [4.78, 5) is 11.2. The topological polar surface area (TPSA) is 76.5 Å². The number of rotatable bonds is 5. The second kappa shape index (κ2) is 9.32. The van der Waals surface area contributed by atoms with Crippen LogP contribution in [-0.4, -0.2) is 16.6 Å². The Kier molecular flexibility index (Phi) is 8.58. The molecular formula is C17H19LiO4. The molecule has 0 aliphatic rings. The van der Waals surface area contributed by atoms with Crippen LogP contribution < -0.4 is 23.6 Å². The van der Waals surface area contributed by atoms with Crippen LogP contribution in [0.1, 0.15) is 41.3 Å². The first-order valence-corrected chi connectivity index (χ1v) is 6.62. The molecule has 0 aliphatic carbocycles. The fraction of sp³-hybridized carbons (Fsp3) is 0.235. The molecule has 2 rings (SSSR count). The summed E-state index contributed by atoms with van der Waals surface area (Å²) in [6.45, 7) is 4.43. The Morgan fingerprint density at radius 3 is 2.32 bits per heavy atom. The van der Waals surface area contributed by atoms with Gasteiger partial charge in [-0.3, -0.25) is 0 Å². The molecule has 2 N–H and O–H groups in total. The minimum Gasteiger partial charge on any atom is -0.870 e. The molecule has 2 aromatic rings. The maximum Gasteiger partial charge on any atom is 1.00 e. The first-order chi connectivity index (χ1) is 9.58. The minimum atomic E-state index is -0.900. The molecule has 0 amide bonds. The van der Waals surface area contributed by atoms with Gasteiger partial charge in [-0.25, -0.2) is 4.79 Å². The zero-order valence-corrected chi connectivity index (χ0v) is 13.1. The van der Waals surface area contributed by atoms with Crippen LogP contribution >= 0.6 is 0 Å². The van der Waals surface area contributed by atoms with E-state index in [4.69, 9.17) is 4.74 Å². The second-order valence-corrected chi connectivity index (χ2v) is 4.98. The van der Waals surface area contributed by atoms with E-state index in [0.717, 1.165) is 11.1 Å². The van der Waals surface area contributed by atoms with E-state index in [1.807, 2.05) is 50.2 Å². The molecule has 5 heteroatoms.